The summed E-state index contributed by atoms with van der Waals surface area (Å²) in [6.07, 6.45) is 0. The maximum Gasteiger partial charge on any atom is 0.318 e. The number of amides is 1. The molecule has 0 saturated heterocycles. The van der Waals surface area contributed by atoms with E-state index in [0.29, 0.717) is 11.3 Å². The summed E-state index contributed by atoms with van der Waals surface area (Å²) in [5, 5.41) is 2.44. The van der Waals surface area contributed by atoms with Crippen molar-refractivity contribution in [2.75, 3.05) is 19.5 Å². The summed E-state index contributed by atoms with van der Waals surface area (Å²) in [4.78, 5) is 24.9. The highest BCUT2D eigenvalue weighted by atomic mass is 32.2. The largest absolute Gasteiger partial charge is 0.497 e. The average molecular weight is 345 g/mol. The normalized spacial score (nSPS) is 11.5. The standard InChI is InChI=1S/C18H19NO4S/c1-12(18(21)23-3)24-16-7-5-4-6-15(16)17(20)19-13-8-10-14(22-2)11-9-13/h4-12H,1-3H3,(H,19,20)/t12-/m0/s1. The van der Waals surface area contributed by atoms with E-state index in [2.05, 4.69) is 5.32 Å². The van der Waals surface area contributed by atoms with Gasteiger partial charge in [-0.2, -0.15) is 0 Å². The predicted molar refractivity (Wildman–Crippen MR) is 94.7 cm³/mol. The first-order valence-corrected chi connectivity index (χ1v) is 8.22. The van der Waals surface area contributed by atoms with Crippen LogP contribution in [-0.2, 0) is 9.53 Å². The Hall–Kier alpha value is -2.47. The molecule has 0 aliphatic rings. The lowest BCUT2D eigenvalue weighted by atomic mass is 10.2. The summed E-state index contributed by atoms with van der Waals surface area (Å²) in [5.41, 5.74) is 1.18. The molecule has 0 aliphatic carbocycles. The quantitative estimate of drug-likeness (QED) is 0.640. The number of esters is 1. The summed E-state index contributed by atoms with van der Waals surface area (Å²) in [7, 11) is 2.94. The van der Waals surface area contributed by atoms with Gasteiger partial charge in [-0.05, 0) is 43.3 Å². The van der Waals surface area contributed by atoms with Crippen LogP contribution < -0.4 is 10.1 Å². The van der Waals surface area contributed by atoms with Crippen LogP contribution in [-0.4, -0.2) is 31.3 Å². The van der Waals surface area contributed by atoms with Gasteiger partial charge in [-0.25, -0.2) is 0 Å². The highest BCUT2D eigenvalue weighted by Gasteiger charge is 2.19. The molecule has 0 radical (unpaired) electrons. The predicted octanol–water partition coefficient (Wildman–Crippen LogP) is 3.60. The molecule has 6 heteroatoms. The van der Waals surface area contributed by atoms with Crippen molar-refractivity contribution in [1.29, 1.82) is 0 Å². The molecule has 0 fully saturated rings. The molecule has 0 bridgehead atoms. The first-order valence-electron chi connectivity index (χ1n) is 7.34. The minimum Gasteiger partial charge on any atom is -0.497 e. The van der Waals surface area contributed by atoms with E-state index in [-0.39, 0.29) is 11.9 Å². The SMILES string of the molecule is COC(=O)[C@H](C)Sc1ccccc1C(=O)Nc1ccc(OC)cc1. The lowest BCUT2D eigenvalue weighted by Gasteiger charge is -2.13. The number of carbonyl (C=O) groups is 2. The number of carbonyl (C=O) groups excluding carboxylic acids is 2. The van der Waals surface area contributed by atoms with Crippen LogP contribution in [0.15, 0.2) is 53.4 Å². The molecule has 0 heterocycles. The molecule has 1 amide bonds. The molecule has 2 aromatic rings. The van der Waals surface area contributed by atoms with E-state index in [0.717, 1.165) is 10.6 Å². The van der Waals surface area contributed by atoms with Crippen molar-refractivity contribution in [2.45, 2.75) is 17.1 Å². The summed E-state index contributed by atoms with van der Waals surface area (Å²) in [6.45, 7) is 1.74. The number of nitrogens with one attached hydrogen (secondary N) is 1. The molecule has 5 nitrogen and oxygen atoms in total. The summed E-state index contributed by atoms with van der Waals surface area (Å²) in [6, 6.07) is 14.2. The van der Waals surface area contributed by atoms with Gasteiger partial charge in [0.15, 0.2) is 0 Å². The molecule has 0 unspecified atom stereocenters. The molecule has 126 valence electrons. The molecule has 2 rings (SSSR count). The Labute approximate surface area is 145 Å². The monoisotopic (exact) mass is 345 g/mol. The van der Waals surface area contributed by atoms with Gasteiger partial charge < -0.3 is 14.8 Å². The summed E-state index contributed by atoms with van der Waals surface area (Å²) >= 11 is 1.29. The molecular weight excluding hydrogens is 326 g/mol. The van der Waals surface area contributed by atoms with Crippen molar-refractivity contribution in [3.63, 3.8) is 0 Å². The minimum absolute atomic E-state index is 0.236. The van der Waals surface area contributed by atoms with Crippen LogP contribution in [0.4, 0.5) is 5.69 Å². The molecule has 1 N–H and O–H groups in total. The van der Waals surface area contributed by atoms with Crippen molar-refractivity contribution in [3.8, 4) is 5.75 Å². The van der Waals surface area contributed by atoms with Gasteiger partial charge in [0.25, 0.3) is 5.91 Å². The van der Waals surface area contributed by atoms with E-state index in [4.69, 9.17) is 9.47 Å². The van der Waals surface area contributed by atoms with Crippen LogP contribution in [0.2, 0.25) is 0 Å². The zero-order chi connectivity index (χ0) is 17.5. The Morgan fingerprint density at radius 2 is 1.71 bits per heavy atom. The first-order chi connectivity index (χ1) is 11.5. The van der Waals surface area contributed by atoms with Gasteiger partial charge in [0.1, 0.15) is 11.0 Å². The number of methoxy groups -OCH3 is 2. The molecule has 0 saturated carbocycles. The molecule has 24 heavy (non-hydrogen) atoms. The van der Waals surface area contributed by atoms with Gasteiger partial charge in [0.05, 0.1) is 19.8 Å². The van der Waals surface area contributed by atoms with Gasteiger partial charge in [0.2, 0.25) is 0 Å². The van der Waals surface area contributed by atoms with Crippen molar-refractivity contribution in [1.82, 2.24) is 0 Å². The number of hydrogen-bond acceptors (Lipinski definition) is 5. The minimum atomic E-state index is -0.398. The van der Waals surface area contributed by atoms with Crippen molar-refractivity contribution >= 4 is 29.3 Å². The average Bonchev–Trinajstić information content (AvgIpc) is 2.62. The van der Waals surface area contributed by atoms with Gasteiger partial charge in [-0.3, -0.25) is 9.59 Å². The highest BCUT2D eigenvalue weighted by molar-refractivity contribution is 8.00. The zero-order valence-corrected chi connectivity index (χ0v) is 14.6. The number of anilines is 1. The van der Waals surface area contributed by atoms with E-state index >= 15 is 0 Å². The zero-order valence-electron chi connectivity index (χ0n) is 13.7. The van der Waals surface area contributed by atoms with E-state index in [9.17, 15) is 9.59 Å². The van der Waals surface area contributed by atoms with Crippen LogP contribution in [0, 0.1) is 0 Å². The Morgan fingerprint density at radius 3 is 2.33 bits per heavy atom. The Bertz CT molecular complexity index is 715. The van der Waals surface area contributed by atoms with E-state index < -0.39 is 5.25 Å². The smallest absolute Gasteiger partial charge is 0.318 e. The van der Waals surface area contributed by atoms with Crippen LogP contribution in [0.1, 0.15) is 17.3 Å². The Morgan fingerprint density at radius 1 is 1.04 bits per heavy atom. The lowest BCUT2D eigenvalue weighted by molar-refractivity contribution is -0.139. The number of benzene rings is 2. The van der Waals surface area contributed by atoms with Crippen LogP contribution in [0.3, 0.4) is 0 Å². The second-order valence-electron chi connectivity index (χ2n) is 4.96. The Balaban J connectivity index is 2.15. The topological polar surface area (TPSA) is 64.6 Å². The summed E-state index contributed by atoms with van der Waals surface area (Å²) < 4.78 is 9.82. The second-order valence-corrected chi connectivity index (χ2v) is 6.34. The molecule has 0 aromatic heterocycles. The number of ether oxygens (including phenoxy) is 2. The van der Waals surface area contributed by atoms with E-state index in [1.807, 2.05) is 12.1 Å². The third-order valence-corrected chi connectivity index (χ3v) is 4.47. The molecule has 2 aromatic carbocycles. The summed E-state index contributed by atoms with van der Waals surface area (Å²) in [5.74, 6) is 0.154. The fourth-order valence-corrected chi connectivity index (χ4v) is 3.05. The Kier molecular flexibility index (Phi) is 6.26. The first kappa shape index (κ1) is 17.9. The van der Waals surface area contributed by atoms with E-state index in [1.165, 1.54) is 18.9 Å². The molecule has 0 aliphatic heterocycles. The second kappa shape index (κ2) is 8.40. The highest BCUT2D eigenvalue weighted by Crippen LogP contribution is 2.28. The van der Waals surface area contributed by atoms with Crippen molar-refractivity contribution < 1.29 is 19.1 Å². The maximum atomic E-state index is 12.5. The molecule has 1 atom stereocenters. The fraction of sp³-hybridized carbons (Fsp3) is 0.222. The van der Waals surface area contributed by atoms with Crippen LogP contribution in [0.5, 0.6) is 5.75 Å². The molecular formula is C18H19NO4S. The van der Waals surface area contributed by atoms with Crippen LogP contribution >= 0.6 is 11.8 Å². The van der Waals surface area contributed by atoms with E-state index in [1.54, 1.807) is 50.4 Å². The lowest BCUT2D eigenvalue weighted by Crippen LogP contribution is -2.17. The number of thioether (sulfide) groups is 1. The van der Waals surface area contributed by atoms with Gasteiger partial charge in [-0.15, -0.1) is 11.8 Å². The van der Waals surface area contributed by atoms with Gasteiger partial charge in [0, 0.05) is 10.6 Å². The van der Waals surface area contributed by atoms with Crippen molar-refractivity contribution in [2.24, 2.45) is 0 Å². The maximum absolute atomic E-state index is 12.5. The third-order valence-electron chi connectivity index (χ3n) is 3.32. The molecule has 0 spiro atoms. The third kappa shape index (κ3) is 4.52. The van der Waals surface area contributed by atoms with Gasteiger partial charge >= 0.3 is 5.97 Å². The van der Waals surface area contributed by atoms with Gasteiger partial charge in [-0.1, -0.05) is 12.1 Å². The van der Waals surface area contributed by atoms with Crippen LogP contribution in [0.25, 0.3) is 0 Å². The number of rotatable bonds is 6. The van der Waals surface area contributed by atoms with Crippen molar-refractivity contribution in [3.05, 3.63) is 54.1 Å². The number of hydrogen-bond donors (Lipinski definition) is 1. The fourth-order valence-electron chi connectivity index (χ4n) is 2.03.